The molecule has 1 aromatic rings. The van der Waals surface area contributed by atoms with Gasteiger partial charge in [0.1, 0.15) is 0 Å². The number of carbonyl (C=O) groups is 1. The molecule has 0 bridgehead atoms. The van der Waals surface area contributed by atoms with E-state index in [1.54, 1.807) is 0 Å². The lowest BCUT2D eigenvalue weighted by Gasteiger charge is -2.35. The largest absolute Gasteiger partial charge is 0.399 e. The van der Waals surface area contributed by atoms with Gasteiger partial charge in [-0.15, -0.1) is 0 Å². The first-order chi connectivity index (χ1) is 9.49. The molecule has 110 valence electrons. The Hall–Kier alpha value is -1.51. The number of anilines is 1. The normalized spacial score (nSPS) is 27.9. The maximum absolute atomic E-state index is 12.4. The van der Waals surface area contributed by atoms with Gasteiger partial charge in [-0.05, 0) is 42.9 Å². The fourth-order valence-corrected chi connectivity index (χ4v) is 3.07. The van der Waals surface area contributed by atoms with Gasteiger partial charge in [0.2, 0.25) is 5.91 Å². The first-order valence-electron chi connectivity index (χ1n) is 7.65. The summed E-state index contributed by atoms with van der Waals surface area (Å²) in [5.41, 5.74) is 7.48. The molecule has 4 unspecified atom stereocenters. The van der Waals surface area contributed by atoms with E-state index in [4.69, 9.17) is 5.73 Å². The summed E-state index contributed by atoms with van der Waals surface area (Å²) >= 11 is 0. The van der Waals surface area contributed by atoms with Crippen LogP contribution in [0.5, 0.6) is 0 Å². The van der Waals surface area contributed by atoms with E-state index in [1.165, 1.54) is 12.8 Å². The minimum absolute atomic E-state index is 0.113. The minimum Gasteiger partial charge on any atom is -0.399 e. The number of carbonyl (C=O) groups excluding carboxylic acids is 1. The summed E-state index contributed by atoms with van der Waals surface area (Å²) in [5, 5.41) is 3.24. The second-order valence-electron chi connectivity index (χ2n) is 6.27. The predicted octanol–water partition coefficient (Wildman–Crippen LogP) is 3.31. The van der Waals surface area contributed by atoms with Crippen molar-refractivity contribution < 1.29 is 4.79 Å². The molecule has 20 heavy (non-hydrogen) atoms. The Bertz CT molecular complexity index is 472. The summed E-state index contributed by atoms with van der Waals surface area (Å²) < 4.78 is 0. The molecule has 3 heteroatoms. The molecular weight excluding hydrogens is 248 g/mol. The van der Waals surface area contributed by atoms with Crippen LogP contribution < -0.4 is 11.1 Å². The minimum atomic E-state index is -0.150. The molecule has 1 fully saturated rings. The molecule has 0 aliphatic heterocycles. The Morgan fingerprint density at radius 3 is 2.80 bits per heavy atom. The quantitative estimate of drug-likeness (QED) is 0.831. The van der Waals surface area contributed by atoms with Gasteiger partial charge in [0.15, 0.2) is 0 Å². The lowest BCUT2D eigenvalue weighted by atomic mass is 9.78. The van der Waals surface area contributed by atoms with Crippen molar-refractivity contribution in [2.45, 2.75) is 52.0 Å². The first-order valence-corrected chi connectivity index (χ1v) is 7.65. The second kappa shape index (κ2) is 6.29. The third kappa shape index (κ3) is 3.33. The molecule has 0 saturated heterocycles. The summed E-state index contributed by atoms with van der Waals surface area (Å²) in [5.74, 6) is 1.21. The van der Waals surface area contributed by atoms with Gasteiger partial charge >= 0.3 is 0 Å². The molecule has 3 nitrogen and oxygen atoms in total. The van der Waals surface area contributed by atoms with E-state index in [9.17, 15) is 4.79 Å². The molecule has 0 heterocycles. The fraction of sp³-hybridized carbons (Fsp3) is 0.588. The third-order valence-electron chi connectivity index (χ3n) is 4.84. The van der Waals surface area contributed by atoms with Crippen LogP contribution in [0.3, 0.4) is 0 Å². The van der Waals surface area contributed by atoms with Gasteiger partial charge in [-0.3, -0.25) is 4.79 Å². The third-order valence-corrected chi connectivity index (χ3v) is 4.84. The average Bonchev–Trinajstić information content (AvgIpc) is 2.43. The maximum atomic E-state index is 12.4. The van der Waals surface area contributed by atoms with Crippen LogP contribution in [0, 0.1) is 11.8 Å². The van der Waals surface area contributed by atoms with Crippen molar-refractivity contribution in [2.24, 2.45) is 11.8 Å². The Morgan fingerprint density at radius 1 is 1.35 bits per heavy atom. The van der Waals surface area contributed by atoms with Crippen molar-refractivity contribution in [3.63, 3.8) is 0 Å². The summed E-state index contributed by atoms with van der Waals surface area (Å²) in [4.78, 5) is 12.4. The average molecular weight is 274 g/mol. The smallest absolute Gasteiger partial charge is 0.227 e. The number of hydrogen-bond acceptors (Lipinski definition) is 2. The lowest BCUT2D eigenvalue weighted by Crippen LogP contribution is -2.45. The summed E-state index contributed by atoms with van der Waals surface area (Å²) in [7, 11) is 0. The topological polar surface area (TPSA) is 55.1 Å². The molecule has 0 spiro atoms. The molecule has 3 N–H and O–H groups in total. The van der Waals surface area contributed by atoms with Crippen molar-refractivity contribution in [1.29, 1.82) is 0 Å². The number of benzene rings is 1. The Morgan fingerprint density at radius 2 is 2.10 bits per heavy atom. The number of rotatable bonds is 3. The van der Waals surface area contributed by atoms with Crippen LogP contribution in [-0.4, -0.2) is 11.9 Å². The molecular formula is C17H26N2O. The Balaban J connectivity index is 2.00. The highest BCUT2D eigenvalue weighted by molar-refractivity contribution is 5.83. The van der Waals surface area contributed by atoms with E-state index in [-0.39, 0.29) is 11.8 Å². The van der Waals surface area contributed by atoms with Gasteiger partial charge in [0.25, 0.3) is 0 Å². The lowest BCUT2D eigenvalue weighted by molar-refractivity contribution is -0.123. The van der Waals surface area contributed by atoms with E-state index in [1.807, 2.05) is 31.2 Å². The number of nitrogens with one attached hydrogen (secondary N) is 1. The summed E-state index contributed by atoms with van der Waals surface area (Å²) in [6.07, 6.45) is 3.59. The molecule has 2 rings (SSSR count). The molecule has 0 radical (unpaired) electrons. The molecule has 1 aliphatic rings. The SMILES string of the molecule is CC(C(=O)NC1CCCC(C)C1C)c1cccc(N)c1. The van der Waals surface area contributed by atoms with Crippen LogP contribution in [0.25, 0.3) is 0 Å². The number of nitrogen functional groups attached to an aromatic ring is 1. The zero-order chi connectivity index (χ0) is 14.7. The van der Waals surface area contributed by atoms with Gasteiger partial charge in [-0.1, -0.05) is 38.8 Å². The monoisotopic (exact) mass is 274 g/mol. The van der Waals surface area contributed by atoms with E-state index >= 15 is 0 Å². The highest BCUT2D eigenvalue weighted by atomic mass is 16.1. The Labute approximate surface area is 121 Å². The number of amides is 1. The molecule has 1 aliphatic carbocycles. The number of hydrogen-bond donors (Lipinski definition) is 2. The molecule has 1 saturated carbocycles. The molecule has 4 atom stereocenters. The summed E-state index contributed by atoms with van der Waals surface area (Å²) in [6, 6.07) is 7.92. The van der Waals surface area contributed by atoms with E-state index < -0.39 is 0 Å². The van der Waals surface area contributed by atoms with E-state index in [0.29, 0.717) is 23.6 Å². The summed E-state index contributed by atoms with van der Waals surface area (Å²) in [6.45, 7) is 6.48. The fourth-order valence-electron chi connectivity index (χ4n) is 3.07. The first kappa shape index (κ1) is 14.9. The molecule has 1 amide bonds. The standard InChI is InChI=1S/C17H26N2O/c1-11-6-4-9-16(12(11)2)19-17(20)13(3)14-7-5-8-15(18)10-14/h5,7-8,10-13,16H,4,6,9,18H2,1-3H3,(H,19,20). The van der Waals surface area contributed by atoms with Gasteiger partial charge < -0.3 is 11.1 Å². The van der Waals surface area contributed by atoms with Crippen molar-refractivity contribution >= 4 is 11.6 Å². The molecule has 1 aromatic carbocycles. The molecule has 0 aromatic heterocycles. The van der Waals surface area contributed by atoms with Gasteiger partial charge in [-0.25, -0.2) is 0 Å². The van der Waals surface area contributed by atoms with Crippen LogP contribution in [-0.2, 0) is 4.79 Å². The van der Waals surface area contributed by atoms with E-state index in [0.717, 1.165) is 12.0 Å². The Kier molecular flexibility index (Phi) is 4.69. The van der Waals surface area contributed by atoms with Crippen molar-refractivity contribution in [3.8, 4) is 0 Å². The van der Waals surface area contributed by atoms with Crippen LogP contribution >= 0.6 is 0 Å². The van der Waals surface area contributed by atoms with Crippen LogP contribution in [0.2, 0.25) is 0 Å². The second-order valence-corrected chi connectivity index (χ2v) is 6.27. The van der Waals surface area contributed by atoms with Gasteiger partial charge in [0, 0.05) is 11.7 Å². The van der Waals surface area contributed by atoms with Gasteiger partial charge in [0.05, 0.1) is 5.92 Å². The number of nitrogens with two attached hydrogens (primary N) is 1. The zero-order valence-electron chi connectivity index (χ0n) is 12.7. The predicted molar refractivity (Wildman–Crippen MR) is 83.4 cm³/mol. The maximum Gasteiger partial charge on any atom is 0.227 e. The van der Waals surface area contributed by atoms with Crippen LogP contribution in [0.1, 0.15) is 51.5 Å². The highest BCUT2D eigenvalue weighted by Crippen LogP contribution is 2.30. The zero-order valence-corrected chi connectivity index (χ0v) is 12.7. The van der Waals surface area contributed by atoms with Crippen LogP contribution in [0.4, 0.5) is 5.69 Å². The highest BCUT2D eigenvalue weighted by Gasteiger charge is 2.29. The van der Waals surface area contributed by atoms with E-state index in [2.05, 4.69) is 19.2 Å². The van der Waals surface area contributed by atoms with Crippen molar-refractivity contribution in [2.75, 3.05) is 5.73 Å². The van der Waals surface area contributed by atoms with Crippen LogP contribution in [0.15, 0.2) is 24.3 Å². The van der Waals surface area contributed by atoms with Crippen molar-refractivity contribution in [3.05, 3.63) is 29.8 Å². The van der Waals surface area contributed by atoms with Gasteiger partial charge in [-0.2, -0.15) is 0 Å². The van der Waals surface area contributed by atoms with Crippen molar-refractivity contribution in [1.82, 2.24) is 5.32 Å².